The van der Waals surface area contributed by atoms with Crippen molar-refractivity contribution in [1.82, 2.24) is 4.57 Å². The summed E-state index contributed by atoms with van der Waals surface area (Å²) in [6.07, 6.45) is 1.28. The third-order valence-electron chi connectivity index (χ3n) is 2.99. The summed E-state index contributed by atoms with van der Waals surface area (Å²) in [6.45, 7) is 0. The van der Waals surface area contributed by atoms with Gasteiger partial charge >= 0.3 is 11.9 Å². The zero-order valence-corrected chi connectivity index (χ0v) is 12.1. The van der Waals surface area contributed by atoms with Gasteiger partial charge in [-0.3, -0.25) is 0 Å². The van der Waals surface area contributed by atoms with Crippen molar-refractivity contribution in [2.75, 3.05) is 12.8 Å². The second-order valence-corrected chi connectivity index (χ2v) is 4.68. The Morgan fingerprint density at radius 3 is 2.68 bits per heavy atom. The molecule has 112 valence electrons. The van der Waals surface area contributed by atoms with Crippen LogP contribution in [0.15, 0.2) is 24.4 Å². The van der Waals surface area contributed by atoms with Gasteiger partial charge in [0.25, 0.3) is 0 Å². The highest BCUT2D eigenvalue weighted by Gasteiger charge is 2.24. The lowest BCUT2D eigenvalue weighted by molar-refractivity contribution is 0.0591. The average molecular weight is 320 g/mol. The van der Waals surface area contributed by atoms with Gasteiger partial charge in [-0.05, 0) is 18.2 Å². The van der Waals surface area contributed by atoms with Gasteiger partial charge in [0.05, 0.1) is 29.6 Å². The van der Waals surface area contributed by atoms with Crippen LogP contribution in [0.2, 0.25) is 5.02 Å². The molecule has 0 saturated carbocycles. The quantitative estimate of drug-likeness (QED) is 0.836. The Morgan fingerprint density at radius 1 is 1.45 bits per heavy atom. The minimum absolute atomic E-state index is 0.0340. The number of aromatic nitrogens is 1. The minimum Gasteiger partial charge on any atom is -0.478 e. The maximum atomic E-state index is 11.9. The summed E-state index contributed by atoms with van der Waals surface area (Å²) >= 11 is 5.80. The number of nitrogen functional groups attached to an aromatic ring is 1. The molecule has 0 amide bonds. The van der Waals surface area contributed by atoms with E-state index in [2.05, 4.69) is 4.74 Å². The van der Waals surface area contributed by atoms with Crippen LogP contribution in [-0.2, 0) is 4.74 Å². The molecule has 0 unspecified atom stereocenters. The van der Waals surface area contributed by atoms with Crippen molar-refractivity contribution in [3.05, 3.63) is 46.2 Å². The lowest BCUT2D eigenvalue weighted by Crippen LogP contribution is -2.13. The van der Waals surface area contributed by atoms with Crippen LogP contribution in [0.5, 0.6) is 0 Å². The van der Waals surface area contributed by atoms with Gasteiger partial charge < -0.3 is 20.1 Å². The molecule has 0 fully saturated rings. The Bertz CT molecular complexity index is 820. The highest BCUT2D eigenvalue weighted by molar-refractivity contribution is 6.31. The molecule has 0 atom stereocenters. The molecule has 0 aliphatic heterocycles. The van der Waals surface area contributed by atoms with Crippen molar-refractivity contribution in [2.45, 2.75) is 0 Å². The van der Waals surface area contributed by atoms with Crippen LogP contribution >= 0.6 is 11.6 Å². The Balaban J connectivity index is 2.81. The van der Waals surface area contributed by atoms with E-state index in [4.69, 9.17) is 22.6 Å². The molecule has 0 aliphatic rings. The third kappa shape index (κ3) is 2.47. The lowest BCUT2D eigenvalue weighted by Gasteiger charge is -2.11. The predicted molar refractivity (Wildman–Crippen MR) is 78.2 cm³/mol. The number of methoxy groups -OCH3 is 1. The average Bonchev–Trinajstić information content (AvgIpc) is 2.83. The molecule has 1 aromatic carbocycles. The van der Waals surface area contributed by atoms with Gasteiger partial charge in [0.2, 0.25) is 0 Å². The number of carbonyl (C=O) groups is 2. The van der Waals surface area contributed by atoms with Crippen molar-refractivity contribution < 1.29 is 19.4 Å². The van der Waals surface area contributed by atoms with Gasteiger partial charge in [0.1, 0.15) is 6.07 Å². The van der Waals surface area contributed by atoms with Gasteiger partial charge in [0, 0.05) is 11.2 Å². The number of nitriles is 1. The van der Waals surface area contributed by atoms with Crippen LogP contribution in [-0.4, -0.2) is 28.7 Å². The summed E-state index contributed by atoms with van der Waals surface area (Å²) < 4.78 is 5.85. The lowest BCUT2D eigenvalue weighted by atomic mass is 10.1. The van der Waals surface area contributed by atoms with E-state index in [1.54, 1.807) is 0 Å². The molecule has 3 N–H and O–H groups in total. The molecular formula is C14H10ClN3O4. The molecule has 2 rings (SSSR count). The number of nitrogens with two attached hydrogens (primary N) is 1. The molecule has 0 spiro atoms. The van der Waals surface area contributed by atoms with E-state index in [9.17, 15) is 14.7 Å². The number of nitrogens with zero attached hydrogens (tertiary/aromatic N) is 2. The van der Waals surface area contributed by atoms with Crippen LogP contribution in [0, 0.1) is 11.3 Å². The SMILES string of the molecule is COC(=O)c1c(N)c(C#N)cn1-c1ccc(Cl)cc1C(=O)O. The highest BCUT2D eigenvalue weighted by Crippen LogP contribution is 2.28. The second-order valence-electron chi connectivity index (χ2n) is 4.25. The fourth-order valence-corrected chi connectivity index (χ4v) is 2.17. The first-order valence-electron chi connectivity index (χ1n) is 5.93. The zero-order chi connectivity index (χ0) is 16.4. The number of ether oxygens (including phenoxy) is 1. The number of aromatic carboxylic acids is 1. The van der Waals surface area contributed by atoms with Crippen LogP contribution < -0.4 is 5.73 Å². The number of benzene rings is 1. The molecule has 7 nitrogen and oxygen atoms in total. The Labute approximate surface area is 130 Å². The molecule has 22 heavy (non-hydrogen) atoms. The highest BCUT2D eigenvalue weighted by atomic mass is 35.5. The van der Waals surface area contributed by atoms with E-state index in [0.717, 1.165) is 7.11 Å². The number of carboxylic acids is 1. The minimum atomic E-state index is -1.24. The van der Waals surface area contributed by atoms with Crippen molar-refractivity contribution in [1.29, 1.82) is 5.26 Å². The van der Waals surface area contributed by atoms with E-state index >= 15 is 0 Å². The number of anilines is 1. The number of carboxylic acid groups (broad SMARTS) is 1. The smallest absolute Gasteiger partial charge is 0.357 e. The van der Waals surface area contributed by atoms with Crippen molar-refractivity contribution in [3.63, 3.8) is 0 Å². The normalized spacial score (nSPS) is 10.0. The summed E-state index contributed by atoms with van der Waals surface area (Å²) in [6, 6.07) is 5.96. The summed E-state index contributed by atoms with van der Waals surface area (Å²) in [5.41, 5.74) is 5.60. The number of halogens is 1. The number of rotatable bonds is 3. The first-order valence-corrected chi connectivity index (χ1v) is 6.31. The van der Waals surface area contributed by atoms with E-state index < -0.39 is 11.9 Å². The van der Waals surface area contributed by atoms with E-state index in [1.807, 2.05) is 6.07 Å². The van der Waals surface area contributed by atoms with Crippen molar-refractivity contribution >= 4 is 29.2 Å². The van der Waals surface area contributed by atoms with Crippen LogP contribution in [0.3, 0.4) is 0 Å². The monoisotopic (exact) mass is 319 g/mol. The maximum absolute atomic E-state index is 11.9. The molecule has 0 aliphatic carbocycles. The zero-order valence-electron chi connectivity index (χ0n) is 11.3. The summed E-state index contributed by atoms with van der Waals surface area (Å²) in [5.74, 6) is -2.02. The third-order valence-corrected chi connectivity index (χ3v) is 3.23. The van der Waals surface area contributed by atoms with Crippen molar-refractivity contribution in [3.8, 4) is 11.8 Å². The fraction of sp³-hybridized carbons (Fsp3) is 0.0714. The largest absolute Gasteiger partial charge is 0.478 e. The Kier molecular flexibility index (Phi) is 4.06. The standard InChI is InChI=1S/C14H10ClN3O4/c1-22-14(21)12-11(17)7(5-16)6-18(12)10-3-2-8(15)4-9(10)13(19)20/h2-4,6H,17H2,1H3,(H,19,20). The van der Waals surface area contributed by atoms with E-state index in [1.165, 1.54) is 29.0 Å². The van der Waals surface area contributed by atoms with Crippen LogP contribution in [0.1, 0.15) is 26.4 Å². The van der Waals surface area contributed by atoms with Crippen LogP contribution in [0.25, 0.3) is 5.69 Å². The van der Waals surface area contributed by atoms with E-state index in [-0.39, 0.29) is 33.2 Å². The molecule has 1 heterocycles. The number of hydrogen-bond acceptors (Lipinski definition) is 5. The molecule has 8 heteroatoms. The van der Waals surface area contributed by atoms with Gasteiger partial charge in [0.15, 0.2) is 5.69 Å². The van der Waals surface area contributed by atoms with Gasteiger partial charge in [-0.1, -0.05) is 11.6 Å². The van der Waals surface area contributed by atoms with E-state index in [0.29, 0.717) is 0 Å². The van der Waals surface area contributed by atoms with Crippen LogP contribution in [0.4, 0.5) is 5.69 Å². The van der Waals surface area contributed by atoms with Gasteiger partial charge in [-0.2, -0.15) is 5.26 Å². The maximum Gasteiger partial charge on any atom is 0.357 e. The molecule has 0 bridgehead atoms. The number of carbonyl (C=O) groups excluding carboxylic acids is 1. The molecule has 0 radical (unpaired) electrons. The Morgan fingerprint density at radius 2 is 2.14 bits per heavy atom. The summed E-state index contributed by atoms with van der Waals surface area (Å²) in [4.78, 5) is 23.3. The molecule has 2 aromatic rings. The first-order chi connectivity index (χ1) is 10.4. The topological polar surface area (TPSA) is 118 Å². The molecular weight excluding hydrogens is 310 g/mol. The Hall–Kier alpha value is -2.98. The summed E-state index contributed by atoms with van der Waals surface area (Å²) in [5, 5.41) is 18.6. The van der Waals surface area contributed by atoms with Gasteiger partial charge in [-0.25, -0.2) is 9.59 Å². The van der Waals surface area contributed by atoms with Gasteiger partial charge in [-0.15, -0.1) is 0 Å². The number of esters is 1. The fourth-order valence-electron chi connectivity index (χ4n) is 1.99. The van der Waals surface area contributed by atoms with Crippen molar-refractivity contribution in [2.24, 2.45) is 0 Å². The second kappa shape index (κ2) is 5.79. The molecule has 0 saturated heterocycles. The molecule has 1 aromatic heterocycles. The first kappa shape index (κ1) is 15.4. The number of hydrogen-bond donors (Lipinski definition) is 2. The summed E-state index contributed by atoms with van der Waals surface area (Å²) in [7, 11) is 1.16. The predicted octanol–water partition coefficient (Wildman–Crippen LogP) is 2.07.